The summed E-state index contributed by atoms with van der Waals surface area (Å²) in [7, 11) is 0. The van der Waals surface area contributed by atoms with Gasteiger partial charge in [0.15, 0.2) is 0 Å². The largest absolute Gasteiger partial charge is 0.350 e. The Labute approximate surface area is 147 Å². The summed E-state index contributed by atoms with van der Waals surface area (Å²) in [6.45, 7) is 6.03. The summed E-state index contributed by atoms with van der Waals surface area (Å²) in [4.78, 5) is 14.8. The number of rotatable bonds is 4. The van der Waals surface area contributed by atoms with Crippen LogP contribution in [0, 0.1) is 5.82 Å². The van der Waals surface area contributed by atoms with E-state index in [-0.39, 0.29) is 29.1 Å². The lowest BCUT2D eigenvalue weighted by atomic mass is 9.98. The van der Waals surface area contributed by atoms with Crippen molar-refractivity contribution in [3.8, 4) is 0 Å². The quantitative estimate of drug-likeness (QED) is 0.874. The first-order valence-electron chi connectivity index (χ1n) is 8.72. The molecule has 1 aromatic carbocycles. The number of likely N-dealkylation sites (tertiary alicyclic amines) is 1. The SMILES string of the molecule is CC(C)N1CCC(NC(=O)C2CCCN2)C1c1ccc(Cl)c(F)c1. The van der Waals surface area contributed by atoms with Gasteiger partial charge in [-0.1, -0.05) is 17.7 Å². The maximum absolute atomic E-state index is 13.9. The fourth-order valence-corrected chi connectivity index (χ4v) is 3.98. The van der Waals surface area contributed by atoms with Crippen molar-refractivity contribution in [1.29, 1.82) is 0 Å². The van der Waals surface area contributed by atoms with Crippen LogP contribution in [-0.4, -0.2) is 42.0 Å². The molecule has 0 radical (unpaired) electrons. The molecule has 4 nitrogen and oxygen atoms in total. The van der Waals surface area contributed by atoms with Crippen LogP contribution in [0.25, 0.3) is 0 Å². The molecule has 0 saturated carbocycles. The number of benzene rings is 1. The van der Waals surface area contributed by atoms with Crippen LogP contribution < -0.4 is 10.6 Å². The molecule has 132 valence electrons. The van der Waals surface area contributed by atoms with Crippen molar-refractivity contribution in [2.24, 2.45) is 0 Å². The monoisotopic (exact) mass is 353 g/mol. The Balaban J connectivity index is 1.81. The van der Waals surface area contributed by atoms with Crippen molar-refractivity contribution in [1.82, 2.24) is 15.5 Å². The van der Waals surface area contributed by atoms with E-state index in [0.717, 1.165) is 37.9 Å². The van der Waals surface area contributed by atoms with Crippen LogP contribution in [0.3, 0.4) is 0 Å². The topological polar surface area (TPSA) is 44.4 Å². The van der Waals surface area contributed by atoms with Gasteiger partial charge in [0, 0.05) is 18.6 Å². The van der Waals surface area contributed by atoms with Crippen LogP contribution in [0.5, 0.6) is 0 Å². The molecule has 0 aromatic heterocycles. The molecule has 2 heterocycles. The van der Waals surface area contributed by atoms with Crippen LogP contribution in [0.2, 0.25) is 5.02 Å². The third-order valence-corrected chi connectivity index (χ3v) is 5.40. The minimum atomic E-state index is -0.410. The Morgan fingerprint density at radius 1 is 1.42 bits per heavy atom. The maximum Gasteiger partial charge on any atom is 0.237 e. The minimum Gasteiger partial charge on any atom is -0.350 e. The average molecular weight is 354 g/mol. The third kappa shape index (κ3) is 3.58. The molecular formula is C18H25ClFN3O. The number of amides is 1. The van der Waals surface area contributed by atoms with Gasteiger partial charge in [-0.15, -0.1) is 0 Å². The van der Waals surface area contributed by atoms with Crippen LogP contribution in [-0.2, 0) is 4.79 Å². The number of hydrogen-bond donors (Lipinski definition) is 2. The lowest BCUT2D eigenvalue weighted by Crippen LogP contribution is -2.47. The first-order valence-corrected chi connectivity index (χ1v) is 9.09. The molecule has 3 unspecified atom stereocenters. The van der Waals surface area contributed by atoms with Gasteiger partial charge in [-0.25, -0.2) is 4.39 Å². The lowest BCUT2D eigenvalue weighted by Gasteiger charge is -2.32. The molecule has 6 heteroatoms. The van der Waals surface area contributed by atoms with E-state index in [1.54, 1.807) is 6.07 Å². The predicted octanol–water partition coefficient (Wildman–Crippen LogP) is 2.87. The minimum absolute atomic E-state index is 0.0112. The van der Waals surface area contributed by atoms with Gasteiger partial charge in [-0.2, -0.15) is 0 Å². The van der Waals surface area contributed by atoms with Crippen LogP contribution in [0.1, 0.15) is 44.7 Å². The van der Waals surface area contributed by atoms with Crippen molar-refractivity contribution in [2.45, 2.75) is 57.3 Å². The lowest BCUT2D eigenvalue weighted by molar-refractivity contribution is -0.123. The Morgan fingerprint density at radius 2 is 2.21 bits per heavy atom. The molecule has 2 fully saturated rings. The molecule has 1 aromatic rings. The number of carbonyl (C=O) groups is 1. The fraction of sp³-hybridized carbons (Fsp3) is 0.611. The highest BCUT2D eigenvalue weighted by Crippen LogP contribution is 2.35. The number of nitrogens with zero attached hydrogens (tertiary/aromatic N) is 1. The van der Waals surface area contributed by atoms with Gasteiger partial charge >= 0.3 is 0 Å². The van der Waals surface area contributed by atoms with Crippen LogP contribution in [0.4, 0.5) is 4.39 Å². The number of nitrogens with one attached hydrogen (secondary N) is 2. The predicted molar refractivity (Wildman–Crippen MR) is 93.6 cm³/mol. The molecule has 3 rings (SSSR count). The Bertz CT molecular complexity index is 604. The third-order valence-electron chi connectivity index (χ3n) is 5.09. The van der Waals surface area contributed by atoms with E-state index in [1.165, 1.54) is 6.07 Å². The summed E-state index contributed by atoms with van der Waals surface area (Å²) >= 11 is 5.83. The zero-order valence-electron chi connectivity index (χ0n) is 14.2. The first-order chi connectivity index (χ1) is 11.5. The molecule has 2 N–H and O–H groups in total. The molecular weight excluding hydrogens is 329 g/mol. The average Bonchev–Trinajstić information content (AvgIpc) is 3.19. The summed E-state index contributed by atoms with van der Waals surface area (Å²) in [5, 5.41) is 6.55. The second-order valence-electron chi connectivity index (χ2n) is 7.00. The zero-order valence-corrected chi connectivity index (χ0v) is 14.9. The molecule has 0 aliphatic carbocycles. The van der Waals surface area contributed by atoms with Gasteiger partial charge in [-0.3, -0.25) is 9.69 Å². The van der Waals surface area contributed by atoms with Crippen molar-refractivity contribution in [3.63, 3.8) is 0 Å². The summed E-state index contributed by atoms with van der Waals surface area (Å²) in [5.41, 5.74) is 0.868. The van der Waals surface area contributed by atoms with E-state index < -0.39 is 5.82 Å². The zero-order chi connectivity index (χ0) is 17.3. The van der Waals surface area contributed by atoms with Crippen molar-refractivity contribution in [2.75, 3.05) is 13.1 Å². The van der Waals surface area contributed by atoms with Gasteiger partial charge in [0.2, 0.25) is 5.91 Å². The van der Waals surface area contributed by atoms with Gasteiger partial charge in [0.05, 0.1) is 17.1 Å². The second-order valence-corrected chi connectivity index (χ2v) is 7.41. The highest BCUT2D eigenvalue weighted by Gasteiger charge is 2.38. The molecule has 1 amide bonds. The maximum atomic E-state index is 13.9. The Hall–Kier alpha value is -1.17. The van der Waals surface area contributed by atoms with E-state index in [2.05, 4.69) is 29.4 Å². The summed E-state index contributed by atoms with van der Waals surface area (Å²) in [6.07, 6.45) is 2.78. The normalized spacial score (nSPS) is 27.8. The van der Waals surface area contributed by atoms with E-state index in [4.69, 9.17) is 11.6 Å². The molecule has 2 aliphatic heterocycles. The molecule has 2 saturated heterocycles. The van der Waals surface area contributed by atoms with Crippen LogP contribution >= 0.6 is 11.6 Å². The molecule has 0 bridgehead atoms. The Kier molecular flexibility index (Phi) is 5.42. The molecule has 2 aliphatic rings. The van der Waals surface area contributed by atoms with Crippen molar-refractivity contribution < 1.29 is 9.18 Å². The molecule has 24 heavy (non-hydrogen) atoms. The highest BCUT2D eigenvalue weighted by molar-refractivity contribution is 6.30. The fourth-order valence-electron chi connectivity index (χ4n) is 3.86. The Morgan fingerprint density at radius 3 is 2.83 bits per heavy atom. The smallest absolute Gasteiger partial charge is 0.237 e. The molecule has 3 atom stereocenters. The summed E-state index contributed by atoms with van der Waals surface area (Å²) in [5.74, 6) is -0.352. The second kappa shape index (κ2) is 7.38. The number of carbonyl (C=O) groups excluding carboxylic acids is 1. The number of halogens is 2. The summed E-state index contributed by atoms with van der Waals surface area (Å²) in [6, 6.07) is 5.15. The number of hydrogen-bond acceptors (Lipinski definition) is 3. The summed E-state index contributed by atoms with van der Waals surface area (Å²) < 4.78 is 13.9. The van der Waals surface area contributed by atoms with Crippen molar-refractivity contribution >= 4 is 17.5 Å². The first kappa shape index (κ1) is 17.6. The van der Waals surface area contributed by atoms with E-state index >= 15 is 0 Å². The molecule has 0 spiro atoms. The van der Waals surface area contributed by atoms with E-state index in [1.807, 2.05) is 6.07 Å². The van der Waals surface area contributed by atoms with Gasteiger partial charge in [0.1, 0.15) is 5.82 Å². The standard InChI is InChI=1S/C18H25ClFN3O/c1-11(2)23-9-7-15(22-18(24)16-4-3-8-21-16)17(23)12-5-6-13(19)14(20)10-12/h5-6,10-11,15-17,21H,3-4,7-9H2,1-2H3,(H,22,24). The van der Waals surface area contributed by atoms with E-state index in [9.17, 15) is 9.18 Å². The van der Waals surface area contributed by atoms with Gasteiger partial charge in [-0.05, 0) is 57.4 Å². The van der Waals surface area contributed by atoms with E-state index in [0.29, 0.717) is 6.04 Å². The van der Waals surface area contributed by atoms with Crippen molar-refractivity contribution in [3.05, 3.63) is 34.6 Å². The van der Waals surface area contributed by atoms with Gasteiger partial charge < -0.3 is 10.6 Å². The van der Waals surface area contributed by atoms with Crippen LogP contribution in [0.15, 0.2) is 18.2 Å². The highest BCUT2D eigenvalue weighted by atomic mass is 35.5. The van der Waals surface area contributed by atoms with Gasteiger partial charge in [0.25, 0.3) is 0 Å².